The zero-order valence-corrected chi connectivity index (χ0v) is 14.8. The Hall–Kier alpha value is -2.05. The summed E-state index contributed by atoms with van der Waals surface area (Å²) in [5, 5.41) is 4.11. The zero-order chi connectivity index (χ0) is 16.4. The van der Waals surface area contributed by atoms with Gasteiger partial charge in [-0.3, -0.25) is 0 Å². The fourth-order valence-corrected chi connectivity index (χ4v) is 3.98. The highest BCUT2D eigenvalue weighted by atomic mass is 32.2. The minimum absolute atomic E-state index is 0.591. The first kappa shape index (κ1) is 15.5. The Bertz CT molecular complexity index is 864. The number of hydrogen-bond acceptors (Lipinski definition) is 6. The topological polar surface area (TPSA) is 44.2 Å². The summed E-state index contributed by atoms with van der Waals surface area (Å²) in [4.78, 5) is 9.16. The first-order chi connectivity index (χ1) is 11.8. The van der Waals surface area contributed by atoms with Gasteiger partial charge in [0.1, 0.15) is 18.2 Å². The van der Waals surface area contributed by atoms with Gasteiger partial charge in [0.05, 0.1) is 10.7 Å². The van der Waals surface area contributed by atoms with E-state index in [1.165, 1.54) is 0 Å². The molecule has 24 heavy (non-hydrogen) atoms. The molecule has 1 aromatic carbocycles. The van der Waals surface area contributed by atoms with Crippen LogP contribution < -0.4 is 9.47 Å². The van der Waals surface area contributed by atoms with Gasteiger partial charge in [0.15, 0.2) is 11.5 Å². The van der Waals surface area contributed by atoms with Crippen molar-refractivity contribution >= 4 is 23.1 Å². The van der Waals surface area contributed by atoms with Gasteiger partial charge in [0.25, 0.3) is 0 Å². The minimum atomic E-state index is 0.591. The van der Waals surface area contributed by atoms with Crippen LogP contribution in [0.4, 0.5) is 0 Å². The summed E-state index contributed by atoms with van der Waals surface area (Å²) in [5.41, 5.74) is 3.10. The van der Waals surface area contributed by atoms with Gasteiger partial charge in [-0.15, -0.1) is 23.1 Å². The number of aromatic nitrogens is 2. The van der Waals surface area contributed by atoms with Crippen LogP contribution in [0.2, 0.25) is 0 Å². The third kappa shape index (κ3) is 3.12. The predicted molar refractivity (Wildman–Crippen MR) is 98.2 cm³/mol. The van der Waals surface area contributed by atoms with Crippen molar-refractivity contribution in [3.8, 4) is 33.3 Å². The van der Waals surface area contributed by atoms with Crippen LogP contribution in [0.5, 0.6) is 11.5 Å². The van der Waals surface area contributed by atoms with Crippen LogP contribution >= 0.6 is 23.1 Å². The molecular weight excluding hydrogens is 340 g/mol. The largest absolute Gasteiger partial charge is 0.486 e. The van der Waals surface area contributed by atoms with E-state index in [9.17, 15) is 0 Å². The third-order valence-electron chi connectivity index (χ3n) is 3.62. The fourth-order valence-electron chi connectivity index (χ4n) is 2.51. The normalized spacial score (nSPS) is 13.0. The van der Waals surface area contributed by atoms with Crippen molar-refractivity contribution in [1.29, 1.82) is 0 Å². The van der Waals surface area contributed by atoms with Crippen LogP contribution in [-0.2, 0) is 0 Å². The SMILES string of the molecule is CCSc1cc(-c2nc(-c3ccc4c(c3)OCCO4)cs2)ccn1. The summed E-state index contributed by atoms with van der Waals surface area (Å²) in [7, 11) is 0. The second-order valence-corrected chi connectivity index (χ2v) is 7.35. The number of benzene rings is 1. The first-order valence-electron chi connectivity index (χ1n) is 7.78. The lowest BCUT2D eigenvalue weighted by Crippen LogP contribution is -2.15. The average Bonchev–Trinajstić information content (AvgIpc) is 3.12. The second-order valence-electron chi connectivity index (χ2n) is 5.21. The van der Waals surface area contributed by atoms with Crippen LogP contribution in [0, 0.1) is 0 Å². The van der Waals surface area contributed by atoms with Crippen molar-refractivity contribution in [3.63, 3.8) is 0 Å². The van der Waals surface area contributed by atoms with E-state index >= 15 is 0 Å². The summed E-state index contributed by atoms with van der Waals surface area (Å²) >= 11 is 3.38. The standard InChI is InChI=1S/C18H16N2O2S2/c1-2-23-17-10-13(5-6-19-17)18-20-14(11-24-18)12-3-4-15-16(9-12)22-8-7-21-15/h3-6,9-11H,2,7-8H2,1H3. The van der Waals surface area contributed by atoms with Gasteiger partial charge in [0, 0.05) is 22.7 Å². The molecule has 0 N–H and O–H groups in total. The molecule has 3 heterocycles. The number of thiazole rings is 1. The van der Waals surface area contributed by atoms with Gasteiger partial charge in [0.2, 0.25) is 0 Å². The molecule has 0 aliphatic carbocycles. The number of pyridine rings is 1. The summed E-state index contributed by atoms with van der Waals surface area (Å²) in [6.45, 7) is 3.32. The van der Waals surface area contributed by atoms with Crippen molar-refractivity contribution in [2.75, 3.05) is 19.0 Å². The Balaban J connectivity index is 1.64. The molecule has 6 heteroatoms. The Kier molecular flexibility index (Phi) is 4.40. The Morgan fingerprint density at radius 1 is 1.08 bits per heavy atom. The van der Waals surface area contributed by atoms with Crippen molar-refractivity contribution in [3.05, 3.63) is 41.9 Å². The molecule has 0 bridgehead atoms. The molecule has 4 nitrogen and oxygen atoms in total. The van der Waals surface area contributed by atoms with Crippen LogP contribution in [0.15, 0.2) is 46.9 Å². The van der Waals surface area contributed by atoms with Crippen molar-refractivity contribution in [2.24, 2.45) is 0 Å². The fraction of sp³-hybridized carbons (Fsp3) is 0.222. The van der Waals surface area contributed by atoms with E-state index in [2.05, 4.69) is 23.4 Å². The van der Waals surface area contributed by atoms with Crippen molar-refractivity contribution < 1.29 is 9.47 Å². The molecule has 0 fully saturated rings. The maximum absolute atomic E-state index is 5.66. The van der Waals surface area contributed by atoms with Gasteiger partial charge in [-0.25, -0.2) is 9.97 Å². The molecule has 1 aliphatic heterocycles. The van der Waals surface area contributed by atoms with E-state index in [1.807, 2.05) is 30.5 Å². The average molecular weight is 356 g/mol. The lowest BCUT2D eigenvalue weighted by Gasteiger charge is -2.18. The summed E-state index contributed by atoms with van der Waals surface area (Å²) in [6.07, 6.45) is 1.85. The van der Waals surface area contributed by atoms with E-state index in [0.717, 1.165) is 44.1 Å². The van der Waals surface area contributed by atoms with E-state index in [4.69, 9.17) is 14.5 Å². The maximum atomic E-state index is 5.66. The van der Waals surface area contributed by atoms with E-state index in [0.29, 0.717) is 13.2 Å². The minimum Gasteiger partial charge on any atom is -0.486 e. The van der Waals surface area contributed by atoms with Crippen molar-refractivity contribution in [1.82, 2.24) is 9.97 Å². The Labute approximate surface area is 148 Å². The van der Waals surface area contributed by atoms with Gasteiger partial charge in [-0.05, 0) is 36.1 Å². The van der Waals surface area contributed by atoms with E-state index < -0.39 is 0 Å². The molecular formula is C18H16N2O2S2. The Morgan fingerprint density at radius 2 is 1.96 bits per heavy atom. The van der Waals surface area contributed by atoms with Gasteiger partial charge in [-0.2, -0.15) is 0 Å². The second kappa shape index (κ2) is 6.83. The third-order valence-corrected chi connectivity index (χ3v) is 5.32. The molecule has 0 atom stereocenters. The van der Waals surface area contributed by atoms with Gasteiger partial charge in [-0.1, -0.05) is 6.92 Å². The van der Waals surface area contributed by atoms with Crippen LogP contribution in [0.25, 0.3) is 21.8 Å². The summed E-state index contributed by atoms with van der Waals surface area (Å²) < 4.78 is 11.2. The molecule has 4 rings (SSSR count). The van der Waals surface area contributed by atoms with Gasteiger partial charge >= 0.3 is 0 Å². The highest BCUT2D eigenvalue weighted by Crippen LogP contribution is 2.36. The van der Waals surface area contributed by atoms with Crippen LogP contribution in [-0.4, -0.2) is 28.9 Å². The highest BCUT2D eigenvalue weighted by Gasteiger charge is 2.14. The lowest BCUT2D eigenvalue weighted by atomic mass is 10.1. The molecule has 0 saturated carbocycles. The molecule has 2 aromatic heterocycles. The van der Waals surface area contributed by atoms with Crippen LogP contribution in [0.1, 0.15) is 6.92 Å². The number of ether oxygens (including phenoxy) is 2. The smallest absolute Gasteiger partial charge is 0.162 e. The number of nitrogens with zero attached hydrogens (tertiary/aromatic N) is 2. The molecule has 1 aliphatic rings. The van der Waals surface area contributed by atoms with E-state index in [1.54, 1.807) is 23.1 Å². The molecule has 0 spiro atoms. The maximum Gasteiger partial charge on any atom is 0.162 e. The Morgan fingerprint density at radius 3 is 2.83 bits per heavy atom. The number of hydrogen-bond donors (Lipinski definition) is 0. The number of thioether (sulfide) groups is 1. The monoisotopic (exact) mass is 356 g/mol. The molecule has 0 unspecified atom stereocenters. The predicted octanol–water partition coefficient (Wildman–Crippen LogP) is 4.76. The highest BCUT2D eigenvalue weighted by molar-refractivity contribution is 7.99. The quantitative estimate of drug-likeness (QED) is 0.631. The summed E-state index contributed by atoms with van der Waals surface area (Å²) in [5.74, 6) is 2.60. The lowest BCUT2D eigenvalue weighted by molar-refractivity contribution is 0.171. The van der Waals surface area contributed by atoms with E-state index in [-0.39, 0.29) is 0 Å². The van der Waals surface area contributed by atoms with Gasteiger partial charge < -0.3 is 9.47 Å². The zero-order valence-electron chi connectivity index (χ0n) is 13.2. The number of fused-ring (bicyclic) bond motifs is 1. The van der Waals surface area contributed by atoms with Crippen LogP contribution in [0.3, 0.4) is 0 Å². The number of rotatable bonds is 4. The molecule has 3 aromatic rings. The van der Waals surface area contributed by atoms with Crippen molar-refractivity contribution in [2.45, 2.75) is 11.9 Å². The molecule has 122 valence electrons. The molecule has 0 radical (unpaired) electrons. The molecule has 0 amide bonds. The first-order valence-corrected chi connectivity index (χ1v) is 9.65. The molecule has 0 saturated heterocycles. The summed E-state index contributed by atoms with van der Waals surface area (Å²) in [6, 6.07) is 10.1.